The van der Waals surface area contributed by atoms with Crippen molar-refractivity contribution in [3.8, 4) is 0 Å². The summed E-state index contributed by atoms with van der Waals surface area (Å²) in [6, 6.07) is 0. The smallest absolute Gasteiger partial charge is 0.127 e. The van der Waals surface area contributed by atoms with Gasteiger partial charge in [0.2, 0.25) is 0 Å². The zero-order chi connectivity index (χ0) is 12.9. The minimum atomic E-state index is -0.469. The van der Waals surface area contributed by atoms with Gasteiger partial charge in [0.1, 0.15) is 12.6 Å². The fourth-order valence-corrected chi connectivity index (χ4v) is 2.40. The summed E-state index contributed by atoms with van der Waals surface area (Å²) in [7, 11) is 0. The SMILES string of the molecule is CC(C)CCCC1=CC(C=O)C(C)(C=O)CC1. The van der Waals surface area contributed by atoms with E-state index in [0.717, 1.165) is 37.8 Å². The summed E-state index contributed by atoms with van der Waals surface area (Å²) in [5.74, 6) is 0.518. The fourth-order valence-electron chi connectivity index (χ4n) is 2.40. The van der Waals surface area contributed by atoms with Crippen LogP contribution in [0.25, 0.3) is 0 Å². The van der Waals surface area contributed by atoms with E-state index >= 15 is 0 Å². The van der Waals surface area contributed by atoms with E-state index in [-0.39, 0.29) is 5.92 Å². The largest absolute Gasteiger partial charge is 0.303 e. The second-order valence-electron chi connectivity index (χ2n) is 5.90. The molecular formula is C15H24O2. The van der Waals surface area contributed by atoms with E-state index in [2.05, 4.69) is 13.8 Å². The summed E-state index contributed by atoms with van der Waals surface area (Å²) in [6.45, 7) is 6.35. The Kier molecular flexibility index (Phi) is 5.10. The lowest BCUT2D eigenvalue weighted by Crippen LogP contribution is -2.32. The minimum absolute atomic E-state index is 0.220. The number of aldehydes is 2. The summed E-state index contributed by atoms with van der Waals surface area (Å²) in [6.07, 6.45) is 9.19. The Balaban J connectivity index is 2.59. The number of rotatable bonds is 6. The zero-order valence-corrected chi connectivity index (χ0v) is 11.2. The molecule has 0 N–H and O–H groups in total. The van der Waals surface area contributed by atoms with Gasteiger partial charge in [-0.15, -0.1) is 0 Å². The van der Waals surface area contributed by atoms with Gasteiger partial charge in [0.05, 0.1) is 0 Å². The highest BCUT2D eigenvalue weighted by Crippen LogP contribution is 2.38. The lowest BCUT2D eigenvalue weighted by atomic mass is 9.70. The second-order valence-corrected chi connectivity index (χ2v) is 5.90. The van der Waals surface area contributed by atoms with E-state index in [0.29, 0.717) is 0 Å². The quantitative estimate of drug-likeness (QED) is 0.522. The molecule has 0 aromatic carbocycles. The first-order chi connectivity index (χ1) is 8.01. The molecule has 0 saturated heterocycles. The average Bonchev–Trinajstić information content (AvgIpc) is 2.31. The standard InChI is InChI=1S/C15H24O2/c1-12(2)5-4-6-13-7-8-15(3,11-17)14(9-13)10-16/h9-12,14H,4-8H2,1-3H3. The minimum Gasteiger partial charge on any atom is -0.303 e. The number of carbonyl (C=O) groups excluding carboxylic acids is 2. The van der Waals surface area contributed by atoms with Gasteiger partial charge in [-0.05, 0) is 31.6 Å². The van der Waals surface area contributed by atoms with E-state index in [1.165, 1.54) is 18.4 Å². The molecule has 0 spiro atoms. The maximum absolute atomic E-state index is 11.1. The lowest BCUT2D eigenvalue weighted by molar-refractivity contribution is -0.123. The van der Waals surface area contributed by atoms with Gasteiger partial charge in [0.25, 0.3) is 0 Å². The first-order valence-corrected chi connectivity index (χ1v) is 6.63. The van der Waals surface area contributed by atoms with Gasteiger partial charge >= 0.3 is 0 Å². The highest BCUT2D eigenvalue weighted by molar-refractivity contribution is 5.71. The van der Waals surface area contributed by atoms with Crippen LogP contribution in [0.5, 0.6) is 0 Å². The molecule has 0 amide bonds. The number of hydrogen-bond acceptors (Lipinski definition) is 2. The molecule has 0 aromatic rings. The molecule has 1 aliphatic carbocycles. The van der Waals surface area contributed by atoms with E-state index in [1.807, 2.05) is 13.0 Å². The van der Waals surface area contributed by atoms with Crippen molar-refractivity contribution >= 4 is 12.6 Å². The highest BCUT2D eigenvalue weighted by atomic mass is 16.1. The van der Waals surface area contributed by atoms with Crippen LogP contribution in [0.2, 0.25) is 0 Å². The summed E-state index contributed by atoms with van der Waals surface area (Å²) >= 11 is 0. The van der Waals surface area contributed by atoms with Crippen molar-refractivity contribution in [3.05, 3.63) is 11.6 Å². The predicted molar refractivity (Wildman–Crippen MR) is 69.7 cm³/mol. The average molecular weight is 236 g/mol. The first kappa shape index (κ1) is 14.1. The molecule has 0 aliphatic heterocycles. The van der Waals surface area contributed by atoms with Crippen LogP contribution in [0.1, 0.15) is 52.9 Å². The van der Waals surface area contributed by atoms with Crippen molar-refractivity contribution in [2.75, 3.05) is 0 Å². The van der Waals surface area contributed by atoms with Crippen LogP contribution in [0.4, 0.5) is 0 Å². The van der Waals surface area contributed by atoms with Crippen molar-refractivity contribution in [2.45, 2.75) is 52.9 Å². The molecule has 0 aromatic heterocycles. The molecule has 0 radical (unpaired) electrons. The lowest BCUT2D eigenvalue weighted by Gasteiger charge is -2.32. The van der Waals surface area contributed by atoms with Crippen molar-refractivity contribution in [2.24, 2.45) is 17.3 Å². The van der Waals surface area contributed by atoms with Crippen molar-refractivity contribution in [1.82, 2.24) is 0 Å². The van der Waals surface area contributed by atoms with Gasteiger partial charge in [-0.3, -0.25) is 0 Å². The molecule has 0 fully saturated rings. The summed E-state index contributed by atoms with van der Waals surface area (Å²) in [4.78, 5) is 22.1. The van der Waals surface area contributed by atoms with Gasteiger partial charge in [0.15, 0.2) is 0 Å². The first-order valence-electron chi connectivity index (χ1n) is 6.63. The monoisotopic (exact) mass is 236 g/mol. The molecule has 2 unspecified atom stereocenters. The fraction of sp³-hybridized carbons (Fsp3) is 0.733. The number of allylic oxidation sites excluding steroid dienone is 2. The van der Waals surface area contributed by atoms with Gasteiger partial charge in [-0.25, -0.2) is 0 Å². The van der Waals surface area contributed by atoms with E-state index in [4.69, 9.17) is 0 Å². The van der Waals surface area contributed by atoms with Crippen LogP contribution in [0.3, 0.4) is 0 Å². The third-order valence-corrected chi connectivity index (χ3v) is 3.86. The summed E-state index contributed by atoms with van der Waals surface area (Å²) < 4.78 is 0. The Morgan fingerprint density at radius 3 is 2.71 bits per heavy atom. The molecular weight excluding hydrogens is 212 g/mol. The van der Waals surface area contributed by atoms with E-state index in [1.54, 1.807) is 0 Å². The Labute approximate surface area is 104 Å². The van der Waals surface area contributed by atoms with Crippen molar-refractivity contribution in [3.63, 3.8) is 0 Å². The zero-order valence-electron chi connectivity index (χ0n) is 11.2. The molecule has 0 bridgehead atoms. The molecule has 2 nitrogen and oxygen atoms in total. The summed E-state index contributed by atoms with van der Waals surface area (Å²) in [5.41, 5.74) is 0.894. The van der Waals surface area contributed by atoms with Crippen LogP contribution in [-0.2, 0) is 9.59 Å². The predicted octanol–water partition coefficient (Wildman–Crippen LogP) is 3.55. The summed E-state index contributed by atoms with van der Waals surface area (Å²) in [5, 5.41) is 0. The molecule has 2 heteroatoms. The third-order valence-electron chi connectivity index (χ3n) is 3.86. The molecule has 0 saturated carbocycles. The third kappa shape index (κ3) is 3.79. The Hall–Kier alpha value is -0.920. The van der Waals surface area contributed by atoms with Crippen LogP contribution < -0.4 is 0 Å². The molecule has 2 atom stereocenters. The van der Waals surface area contributed by atoms with E-state index in [9.17, 15) is 9.59 Å². The molecule has 96 valence electrons. The van der Waals surface area contributed by atoms with Crippen LogP contribution in [0, 0.1) is 17.3 Å². The van der Waals surface area contributed by atoms with Gasteiger partial charge in [0, 0.05) is 11.3 Å². The normalized spacial score (nSPS) is 28.9. The van der Waals surface area contributed by atoms with Crippen molar-refractivity contribution < 1.29 is 9.59 Å². The van der Waals surface area contributed by atoms with Gasteiger partial charge in [-0.1, -0.05) is 38.8 Å². The Morgan fingerprint density at radius 2 is 2.18 bits per heavy atom. The topological polar surface area (TPSA) is 34.1 Å². The molecule has 1 aliphatic rings. The van der Waals surface area contributed by atoms with Crippen LogP contribution in [0.15, 0.2) is 11.6 Å². The highest BCUT2D eigenvalue weighted by Gasteiger charge is 2.35. The maximum atomic E-state index is 11.1. The molecule has 0 heterocycles. The van der Waals surface area contributed by atoms with Crippen molar-refractivity contribution in [1.29, 1.82) is 0 Å². The van der Waals surface area contributed by atoms with Gasteiger partial charge in [-0.2, -0.15) is 0 Å². The second kappa shape index (κ2) is 6.13. The Bertz CT molecular complexity index is 304. The number of hydrogen-bond donors (Lipinski definition) is 0. The number of carbonyl (C=O) groups is 2. The van der Waals surface area contributed by atoms with Crippen LogP contribution >= 0.6 is 0 Å². The van der Waals surface area contributed by atoms with E-state index < -0.39 is 5.41 Å². The molecule has 1 rings (SSSR count). The maximum Gasteiger partial charge on any atom is 0.127 e. The van der Waals surface area contributed by atoms with Gasteiger partial charge < -0.3 is 9.59 Å². The van der Waals surface area contributed by atoms with Crippen LogP contribution in [-0.4, -0.2) is 12.6 Å². The Morgan fingerprint density at radius 1 is 1.47 bits per heavy atom. The molecule has 17 heavy (non-hydrogen) atoms.